The second kappa shape index (κ2) is 9.60. The van der Waals surface area contributed by atoms with Crippen molar-refractivity contribution in [1.82, 2.24) is 9.80 Å². The SMILES string of the molecule is CCc1ccc(OC)c(C(=O)N2CCCN(C(=O)C(CC)CC)CC2)c1. The third-order valence-electron chi connectivity index (χ3n) is 5.33. The predicted molar refractivity (Wildman–Crippen MR) is 104 cm³/mol. The van der Waals surface area contributed by atoms with E-state index in [1.165, 1.54) is 0 Å². The van der Waals surface area contributed by atoms with Crippen LogP contribution in [0.2, 0.25) is 0 Å². The van der Waals surface area contributed by atoms with E-state index in [2.05, 4.69) is 20.8 Å². The zero-order valence-corrected chi connectivity index (χ0v) is 16.6. The topological polar surface area (TPSA) is 49.9 Å². The standard InChI is InChI=1S/C21H32N2O3/c1-5-16-9-10-19(26-4)18(15-16)21(25)23-12-8-11-22(13-14-23)20(24)17(6-2)7-3/h9-10,15,17H,5-8,11-14H2,1-4H3. The molecule has 1 aliphatic heterocycles. The van der Waals surface area contributed by atoms with Gasteiger partial charge in [-0.05, 0) is 43.4 Å². The fraction of sp³-hybridized carbons (Fsp3) is 0.619. The van der Waals surface area contributed by atoms with Gasteiger partial charge in [-0.15, -0.1) is 0 Å². The molecule has 1 saturated heterocycles. The van der Waals surface area contributed by atoms with Gasteiger partial charge in [0, 0.05) is 32.1 Å². The first-order valence-electron chi connectivity index (χ1n) is 9.80. The first-order valence-corrected chi connectivity index (χ1v) is 9.80. The van der Waals surface area contributed by atoms with Crippen molar-refractivity contribution in [2.24, 2.45) is 5.92 Å². The molecule has 0 spiro atoms. The minimum atomic E-state index is -0.00557. The molecule has 0 aliphatic carbocycles. The molecule has 26 heavy (non-hydrogen) atoms. The summed E-state index contributed by atoms with van der Waals surface area (Å²) in [4.78, 5) is 29.5. The van der Waals surface area contributed by atoms with Gasteiger partial charge in [-0.2, -0.15) is 0 Å². The van der Waals surface area contributed by atoms with E-state index in [4.69, 9.17) is 4.74 Å². The summed E-state index contributed by atoms with van der Waals surface area (Å²) >= 11 is 0. The quantitative estimate of drug-likeness (QED) is 0.781. The Balaban J connectivity index is 2.11. The first-order chi connectivity index (χ1) is 12.5. The van der Waals surface area contributed by atoms with E-state index in [0.717, 1.165) is 37.8 Å². The molecule has 144 valence electrons. The van der Waals surface area contributed by atoms with E-state index in [1.807, 2.05) is 28.0 Å². The third-order valence-corrected chi connectivity index (χ3v) is 5.33. The Labute approximate surface area is 157 Å². The van der Waals surface area contributed by atoms with Crippen LogP contribution in [0.25, 0.3) is 0 Å². The van der Waals surface area contributed by atoms with Crippen molar-refractivity contribution in [3.63, 3.8) is 0 Å². The Morgan fingerprint density at radius 2 is 1.69 bits per heavy atom. The Morgan fingerprint density at radius 1 is 1.04 bits per heavy atom. The lowest BCUT2D eigenvalue weighted by molar-refractivity contribution is -0.135. The van der Waals surface area contributed by atoms with Crippen molar-refractivity contribution in [2.45, 2.75) is 46.5 Å². The van der Waals surface area contributed by atoms with Gasteiger partial charge in [0.05, 0.1) is 12.7 Å². The summed E-state index contributed by atoms with van der Waals surface area (Å²) in [5, 5.41) is 0. The molecule has 0 N–H and O–H groups in total. The lowest BCUT2D eigenvalue weighted by atomic mass is 10.0. The Kier molecular flexibility index (Phi) is 7.49. The maximum absolute atomic E-state index is 13.1. The zero-order valence-electron chi connectivity index (χ0n) is 16.6. The van der Waals surface area contributed by atoms with E-state index in [9.17, 15) is 9.59 Å². The van der Waals surface area contributed by atoms with Gasteiger partial charge in [0.1, 0.15) is 5.75 Å². The number of benzene rings is 1. The normalized spacial score (nSPS) is 15.1. The Hall–Kier alpha value is -2.04. The fourth-order valence-corrected chi connectivity index (χ4v) is 3.55. The van der Waals surface area contributed by atoms with Crippen molar-refractivity contribution in [3.8, 4) is 5.75 Å². The van der Waals surface area contributed by atoms with Crippen LogP contribution in [0.15, 0.2) is 18.2 Å². The van der Waals surface area contributed by atoms with E-state index >= 15 is 0 Å². The first kappa shape index (κ1) is 20.3. The van der Waals surface area contributed by atoms with E-state index < -0.39 is 0 Å². The molecule has 2 rings (SSSR count). The van der Waals surface area contributed by atoms with Crippen LogP contribution in [0.4, 0.5) is 0 Å². The number of carbonyl (C=O) groups is 2. The van der Waals surface area contributed by atoms with Crippen LogP contribution in [0.5, 0.6) is 5.75 Å². The molecule has 1 heterocycles. The molecule has 5 heteroatoms. The van der Waals surface area contributed by atoms with Gasteiger partial charge in [0.15, 0.2) is 0 Å². The van der Waals surface area contributed by atoms with Gasteiger partial charge in [-0.1, -0.05) is 26.8 Å². The molecule has 0 saturated carbocycles. The number of rotatable bonds is 6. The van der Waals surface area contributed by atoms with E-state index in [0.29, 0.717) is 30.9 Å². The van der Waals surface area contributed by atoms with Crippen LogP contribution < -0.4 is 4.74 Å². The summed E-state index contributed by atoms with van der Waals surface area (Å²) in [6, 6.07) is 5.79. The fourth-order valence-electron chi connectivity index (χ4n) is 3.55. The van der Waals surface area contributed by atoms with E-state index in [-0.39, 0.29) is 17.7 Å². The van der Waals surface area contributed by atoms with Gasteiger partial charge in [0.25, 0.3) is 5.91 Å². The van der Waals surface area contributed by atoms with Gasteiger partial charge in [0.2, 0.25) is 5.91 Å². The molecule has 2 amide bonds. The molecule has 0 bridgehead atoms. The number of hydrogen-bond donors (Lipinski definition) is 0. The third kappa shape index (κ3) is 4.57. The highest BCUT2D eigenvalue weighted by atomic mass is 16.5. The van der Waals surface area contributed by atoms with Crippen LogP contribution in [0.3, 0.4) is 0 Å². The van der Waals surface area contributed by atoms with Gasteiger partial charge in [-0.3, -0.25) is 9.59 Å². The lowest BCUT2D eigenvalue weighted by Crippen LogP contribution is -2.39. The van der Waals surface area contributed by atoms with Crippen molar-refractivity contribution >= 4 is 11.8 Å². The molecule has 1 aromatic carbocycles. The number of aryl methyl sites for hydroxylation is 1. The Morgan fingerprint density at radius 3 is 2.31 bits per heavy atom. The average Bonchev–Trinajstić information content (AvgIpc) is 2.94. The highest BCUT2D eigenvalue weighted by molar-refractivity contribution is 5.97. The van der Waals surface area contributed by atoms with Crippen LogP contribution in [-0.4, -0.2) is 54.9 Å². The smallest absolute Gasteiger partial charge is 0.257 e. The second-order valence-corrected chi connectivity index (χ2v) is 6.87. The largest absolute Gasteiger partial charge is 0.496 e. The van der Waals surface area contributed by atoms with Crippen LogP contribution >= 0.6 is 0 Å². The number of carbonyl (C=O) groups excluding carboxylic acids is 2. The number of hydrogen-bond acceptors (Lipinski definition) is 3. The van der Waals surface area contributed by atoms with Gasteiger partial charge < -0.3 is 14.5 Å². The van der Waals surface area contributed by atoms with Crippen LogP contribution in [0.1, 0.15) is 56.0 Å². The van der Waals surface area contributed by atoms with Crippen LogP contribution in [0, 0.1) is 5.92 Å². The molecule has 1 fully saturated rings. The molecule has 1 aromatic rings. The Bertz CT molecular complexity index is 626. The predicted octanol–water partition coefficient (Wildman–Crippen LogP) is 3.37. The van der Waals surface area contributed by atoms with Gasteiger partial charge >= 0.3 is 0 Å². The molecule has 0 aromatic heterocycles. The molecule has 1 aliphatic rings. The summed E-state index contributed by atoms with van der Waals surface area (Å²) in [6.07, 6.45) is 3.43. The molecular weight excluding hydrogens is 328 g/mol. The molecule has 5 nitrogen and oxygen atoms in total. The summed E-state index contributed by atoms with van der Waals surface area (Å²) in [5.74, 6) is 0.934. The van der Waals surface area contributed by atoms with Crippen molar-refractivity contribution < 1.29 is 14.3 Å². The van der Waals surface area contributed by atoms with Crippen molar-refractivity contribution in [2.75, 3.05) is 33.3 Å². The number of amides is 2. The summed E-state index contributed by atoms with van der Waals surface area (Å²) in [5.41, 5.74) is 1.74. The molecule has 0 atom stereocenters. The average molecular weight is 360 g/mol. The highest BCUT2D eigenvalue weighted by Gasteiger charge is 2.27. The maximum atomic E-state index is 13.1. The van der Waals surface area contributed by atoms with Gasteiger partial charge in [-0.25, -0.2) is 0 Å². The minimum absolute atomic E-state index is 0.00557. The minimum Gasteiger partial charge on any atom is -0.496 e. The van der Waals surface area contributed by atoms with Crippen molar-refractivity contribution in [1.29, 1.82) is 0 Å². The monoisotopic (exact) mass is 360 g/mol. The van der Waals surface area contributed by atoms with Crippen LogP contribution in [-0.2, 0) is 11.2 Å². The maximum Gasteiger partial charge on any atom is 0.257 e. The number of methoxy groups -OCH3 is 1. The lowest BCUT2D eigenvalue weighted by Gasteiger charge is -2.25. The second-order valence-electron chi connectivity index (χ2n) is 6.87. The van der Waals surface area contributed by atoms with E-state index in [1.54, 1.807) is 7.11 Å². The summed E-state index contributed by atoms with van der Waals surface area (Å²) in [7, 11) is 1.59. The number of ether oxygens (including phenoxy) is 1. The summed E-state index contributed by atoms with van der Waals surface area (Å²) in [6.45, 7) is 8.78. The van der Waals surface area contributed by atoms with Crippen molar-refractivity contribution in [3.05, 3.63) is 29.3 Å². The zero-order chi connectivity index (χ0) is 19.1. The highest BCUT2D eigenvalue weighted by Crippen LogP contribution is 2.23. The summed E-state index contributed by atoms with van der Waals surface area (Å²) < 4.78 is 5.40. The number of nitrogens with zero attached hydrogens (tertiary/aromatic N) is 2. The molecule has 0 radical (unpaired) electrons. The molecular formula is C21H32N2O3. The molecule has 0 unspecified atom stereocenters.